The van der Waals surface area contributed by atoms with E-state index in [1.165, 1.54) is 0 Å². The lowest BCUT2D eigenvalue weighted by Gasteiger charge is -2.11. The van der Waals surface area contributed by atoms with Gasteiger partial charge in [0.05, 0.1) is 7.11 Å². The third kappa shape index (κ3) is 3.89. The van der Waals surface area contributed by atoms with E-state index in [1.54, 1.807) is 49.6 Å². The average molecular weight is 286 g/mol. The van der Waals surface area contributed by atoms with Gasteiger partial charge >= 0.3 is 0 Å². The van der Waals surface area contributed by atoms with Crippen molar-refractivity contribution in [1.82, 2.24) is 0 Å². The van der Waals surface area contributed by atoms with Crippen LogP contribution in [0.3, 0.4) is 0 Å². The molecule has 0 aliphatic carbocycles. The molecular weight excluding hydrogens is 268 g/mol. The van der Waals surface area contributed by atoms with Crippen LogP contribution in [-0.2, 0) is 4.79 Å². The fourth-order valence-corrected chi connectivity index (χ4v) is 1.80. The summed E-state index contributed by atoms with van der Waals surface area (Å²) >= 11 is 0. The molecule has 5 heteroatoms. The van der Waals surface area contributed by atoms with Gasteiger partial charge in [-0.2, -0.15) is 0 Å². The van der Waals surface area contributed by atoms with Crippen LogP contribution in [0.1, 0.15) is 5.56 Å². The summed E-state index contributed by atoms with van der Waals surface area (Å²) in [4.78, 5) is 11.8. The van der Waals surface area contributed by atoms with Gasteiger partial charge in [0.25, 0.3) is 5.91 Å². The molecule has 0 unspecified atom stereocenters. The van der Waals surface area contributed by atoms with Gasteiger partial charge in [-0.1, -0.05) is 6.07 Å². The predicted octanol–water partition coefficient (Wildman–Crippen LogP) is 2.60. The zero-order chi connectivity index (χ0) is 15.2. The number of methoxy groups -OCH3 is 1. The number of carbonyl (C=O) groups is 1. The van der Waals surface area contributed by atoms with Crippen molar-refractivity contribution in [2.45, 2.75) is 6.92 Å². The van der Waals surface area contributed by atoms with E-state index in [1.807, 2.05) is 6.92 Å². The summed E-state index contributed by atoms with van der Waals surface area (Å²) in [5.41, 5.74) is 7.94. The summed E-state index contributed by atoms with van der Waals surface area (Å²) in [6, 6.07) is 12.5. The molecule has 21 heavy (non-hydrogen) atoms. The molecule has 0 atom stereocenters. The van der Waals surface area contributed by atoms with E-state index >= 15 is 0 Å². The maximum Gasteiger partial charge on any atom is 0.262 e. The molecule has 5 nitrogen and oxygen atoms in total. The number of nitrogen functional groups attached to an aromatic ring is 1. The van der Waals surface area contributed by atoms with Crippen molar-refractivity contribution in [3.8, 4) is 11.5 Å². The summed E-state index contributed by atoms with van der Waals surface area (Å²) in [5, 5.41) is 2.75. The molecule has 0 saturated heterocycles. The Morgan fingerprint density at radius 2 is 1.90 bits per heavy atom. The lowest BCUT2D eigenvalue weighted by molar-refractivity contribution is -0.118. The molecule has 2 aromatic rings. The number of amides is 1. The van der Waals surface area contributed by atoms with Crippen LogP contribution in [0, 0.1) is 6.92 Å². The highest BCUT2D eigenvalue weighted by molar-refractivity contribution is 5.91. The quantitative estimate of drug-likeness (QED) is 0.829. The molecule has 0 aliphatic rings. The van der Waals surface area contributed by atoms with Crippen LogP contribution < -0.4 is 20.5 Å². The Kier molecular flexibility index (Phi) is 4.66. The second-order valence-electron chi connectivity index (χ2n) is 4.54. The van der Waals surface area contributed by atoms with E-state index in [9.17, 15) is 4.79 Å². The number of hydrogen-bond acceptors (Lipinski definition) is 4. The van der Waals surface area contributed by atoms with Gasteiger partial charge in [-0.15, -0.1) is 0 Å². The van der Waals surface area contributed by atoms with E-state index in [0.29, 0.717) is 17.1 Å². The van der Waals surface area contributed by atoms with Crippen molar-refractivity contribution in [2.24, 2.45) is 0 Å². The first-order valence-corrected chi connectivity index (χ1v) is 6.52. The van der Waals surface area contributed by atoms with Crippen LogP contribution in [0.5, 0.6) is 11.5 Å². The zero-order valence-electron chi connectivity index (χ0n) is 12.1. The van der Waals surface area contributed by atoms with Gasteiger partial charge in [0.1, 0.15) is 11.5 Å². The lowest BCUT2D eigenvalue weighted by Crippen LogP contribution is -2.20. The second-order valence-corrected chi connectivity index (χ2v) is 4.54. The molecule has 2 aromatic carbocycles. The summed E-state index contributed by atoms with van der Waals surface area (Å²) in [7, 11) is 1.59. The number of anilines is 2. The molecule has 1 amide bonds. The van der Waals surface area contributed by atoms with Crippen molar-refractivity contribution in [3.05, 3.63) is 48.0 Å². The van der Waals surface area contributed by atoms with Gasteiger partial charge in [-0.05, 0) is 43.3 Å². The first-order chi connectivity index (χ1) is 10.1. The van der Waals surface area contributed by atoms with Gasteiger partial charge in [0, 0.05) is 16.9 Å². The molecule has 0 bridgehead atoms. The van der Waals surface area contributed by atoms with Crippen molar-refractivity contribution >= 4 is 17.3 Å². The SMILES string of the molecule is COc1ccc(NC(=O)COc2cccc(N)c2C)cc1. The highest BCUT2D eigenvalue weighted by atomic mass is 16.5. The number of nitrogens with one attached hydrogen (secondary N) is 1. The molecule has 0 aromatic heterocycles. The molecular formula is C16H18N2O3. The predicted molar refractivity (Wildman–Crippen MR) is 82.7 cm³/mol. The molecule has 0 saturated carbocycles. The summed E-state index contributed by atoms with van der Waals surface area (Å²) in [6.45, 7) is 1.78. The monoisotopic (exact) mass is 286 g/mol. The van der Waals surface area contributed by atoms with Crippen LogP contribution in [-0.4, -0.2) is 19.6 Å². The van der Waals surface area contributed by atoms with E-state index in [-0.39, 0.29) is 12.5 Å². The first-order valence-electron chi connectivity index (χ1n) is 6.52. The lowest BCUT2D eigenvalue weighted by atomic mass is 10.2. The number of rotatable bonds is 5. The third-order valence-corrected chi connectivity index (χ3v) is 3.06. The minimum Gasteiger partial charge on any atom is -0.497 e. The van der Waals surface area contributed by atoms with Gasteiger partial charge in [-0.3, -0.25) is 4.79 Å². The summed E-state index contributed by atoms with van der Waals surface area (Å²) in [6.07, 6.45) is 0. The Morgan fingerprint density at radius 1 is 1.19 bits per heavy atom. The van der Waals surface area contributed by atoms with E-state index in [2.05, 4.69) is 5.32 Å². The van der Waals surface area contributed by atoms with E-state index < -0.39 is 0 Å². The molecule has 0 aliphatic heterocycles. The van der Waals surface area contributed by atoms with Gasteiger partial charge in [0.2, 0.25) is 0 Å². The normalized spacial score (nSPS) is 10.0. The van der Waals surface area contributed by atoms with Crippen molar-refractivity contribution in [2.75, 3.05) is 24.8 Å². The number of nitrogens with two attached hydrogens (primary N) is 1. The van der Waals surface area contributed by atoms with Crippen LogP contribution in [0.25, 0.3) is 0 Å². The molecule has 3 N–H and O–H groups in total. The number of hydrogen-bond donors (Lipinski definition) is 2. The fraction of sp³-hybridized carbons (Fsp3) is 0.188. The fourth-order valence-electron chi connectivity index (χ4n) is 1.80. The van der Waals surface area contributed by atoms with E-state index in [4.69, 9.17) is 15.2 Å². The van der Waals surface area contributed by atoms with Gasteiger partial charge in [0.15, 0.2) is 6.61 Å². The van der Waals surface area contributed by atoms with Crippen molar-refractivity contribution in [1.29, 1.82) is 0 Å². The minimum absolute atomic E-state index is 0.0731. The Balaban J connectivity index is 1.91. The smallest absolute Gasteiger partial charge is 0.262 e. The number of benzene rings is 2. The van der Waals surface area contributed by atoms with E-state index in [0.717, 1.165) is 11.3 Å². The Bertz CT molecular complexity index is 624. The maximum atomic E-state index is 11.8. The molecule has 0 spiro atoms. The van der Waals surface area contributed by atoms with Gasteiger partial charge < -0.3 is 20.5 Å². The van der Waals surface area contributed by atoms with Crippen LogP contribution in [0.15, 0.2) is 42.5 Å². The standard InChI is InChI=1S/C16H18N2O3/c1-11-14(17)4-3-5-15(11)21-10-16(19)18-12-6-8-13(20-2)9-7-12/h3-9H,10,17H2,1-2H3,(H,18,19). The minimum atomic E-state index is -0.234. The Labute approximate surface area is 123 Å². The summed E-state index contributed by atoms with van der Waals surface area (Å²) in [5.74, 6) is 1.11. The second kappa shape index (κ2) is 6.65. The number of carbonyl (C=O) groups excluding carboxylic acids is 1. The van der Waals surface area contributed by atoms with Crippen LogP contribution >= 0.6 is 0 Å². The van der Waals surface area contributed by atoms with Crippen molar-refractivity contribution in [3.63, 3.8) is 0 Å². The maximum absolute atomic E-state index is 11.8. The van der Waals surface area contributed by atoms with Crippen LogP contribution in [0.2, 0.25) is 0 Å². The molecule has 0 fully saturated rings. The topological polar surface area (TPSA) is 73.6 Å². The Morgan fingerprint density at radius 3 is 2.57 bits per heavy atom. The highest BCUT2D eigenvalue weighted by Crippen LogP contribution is 2.22. The molecule has 0 heterocycles. The van der Waals surface area contributed by atoms with Crippen LogP contribution in [0.4, 0.5) is 11.4 Å². The van der Waals surface area contributed by atoms with Gasteiger partial charge in [-0.25, -0.2) is 0 Å². The third-order valence-electron chi connectivity index (χ3n) is 3.06. The highest BCUT2D eigenvalue weighted by Gasteiger charge is 2.07. The molecule has 2 rings (SSSR count). The number of ether oxygens (including phenoxy) is 2. The molecule has 0 radical (unpaired) electrons. The van der Waals surface area contributed by atoms with Crippen molar-refractivity contribution < 1.29 is 14.3 Å². The summed E-state index contributed by atoms with van der Waals surface area (Å²) < 4.78 is 10.5. The Hall–Kier alpha value is -2.69. The zero-order valence-corrected chi connectivity index (χ0v) is 12.1. The average Bonchev–Trinajstić information content (AvgIpc) is 2.49. The molecule has 110 valence electrons. The largest absolute Gasteiger partial charge is 0.497 e. The first kappa shape index (κ1) is 14.7.